The van der Waals surface area contributed by atoms with Gasteiger partial charge in [0.05, 0.1) is 12.0 Å². The molecule has 216 valence electrons. The van der Waals surface area contributed by atoms with E-state index >= 15 is 0 Å². The van der Waals surface area contributed by atoms with Gasteiger partial charge < -0.3 is 50.5 Å². The Morgan fingerprint density at radius 1 is 1.18 bits per heavy atom. The van der Waals surface area contributed by atoms with Crippen LogP contribution in [0.5, 0.6) is 0 Å². The van der Waals surface area contributed by atoms with Crippen LogP contribution in [0.2, 0.25) is 0 Å². The van der Waals surface area contributed by atoms with Crippen LogP contribution in [-0.4, -0.2) is 95.0 Å². The van der Waals surface area contributed by atoms with E-state index in [9.17, 15) is 35.1 Å². The lowest BCUT2D eigenvalue weighted by Crippen LogP contribution is -2.76. The fraction of sp³-hybridized carbons (Fsp3) is 0.778. The second-order valence-corrected chi connectivity index (χ2v) is 13.1. The maximum atomic E-state index is 13.3. The summed E-state index contributed by atoms with van der Waals surface area (Å²) in [7, 11) is 0. The van der Waals surface area contributed by atoms with E-state index in [1.807, 2.05) is 0 Å². The van der Waals surface area contributed by atoms with Crippen LogP contribution < -0.4 is 5.73 Å². The van der Waals surface area contributed by atoms with Crippen molar-refractivity contribution >= 4 is 11.9 Å². The monoisotopic (exact) mass is 550 g/mol. The van der Waals surface area contributed by atoms with Crippen molar-refractivity contribution in [3.63, 3.8) is 0 Å². The van der Waals surface area contributed by atoms with Gasteiger partial charge in [0.2, 0.25) is 0 Å². The minimum atomic E-state index is -2.67. The molecular weight excluding hydrogens is 512 g/mol. The molecule has 7 rings (SSSR count). The number of nitrogens with two attached hydrogens (primary N) is 1. The summed E-state index contributed by atoms with van der Waals surface area (Å²) in [6, 6.07) is 3.03. The summed E-state index contributed by atoms with van der Waals surface area (Å²) >= 11 is 0. The Hall–Kier alpha value is -2.06. The van der Waals surface area contributed by atoms with Crippen LogP contribution in [0.3, 0.4) is 0 Å². The predicted molar refractivity (Wildman–Crippen MR) is 132 cm³/mol. The van der Waals surface area contributed by atoms with Gasteiger partial charge in [-0.1, -0.05) is 27.7 Å². The van der Waals surface area contributed by atoms with E-state index in [1.54, 1.807) is 26.8 Å². The van der Waals surface area contributed by atoms with Crippen LogP contribution in [0.1, 0.15) is 64.4 Å². The number of aromatic nitrogens is 1. The Balaban J connectivity index is 1.68. The average Bonchev–Trinajstić information content (AvgIpc) is 3.49. The number of nitrogens with one attached hydrogen (secondary N) is 1. The molecule has 1 aromatic heterocycles. The minimum Gasteiger partial charge on any atom is -0.458 e. The van der Waals surface area contributed by atoms with Gasteiger partial charge in [0, 0.05) is 18.0 Å². The minimum absolute atomic E-state index is 0.00945. The van der Waals surface area contributed by atoms with E-state index in [0.717, 1.165) is 0 Å². The molecular formula is C27H38N2O10. The van der Waals surface area contributed by atoms with Gasteiger partial charge in [-0.3, -0.25) is 4.79 Å². The van der Waals surface area contributed by atoms with Crippen molar-refractivity contribution < 1.29 is 49.3 Å². The van der Waals surface area contributed by atoms with Gasteiger partial charge >= 0.3 is 11.9 Å². The van der Waals surface area contributed by atoms with Gasteiger partial charge in [0.25, 0.3) is 0 Å². The molecule has 0 radical (unpaired) electrons. The lowest BCUT2D eigenvalue weighted by Gasteiger charge is -2.60. The average molecular weight is 551 g/mol. The summed E-state index contributed by atoms with van der Waals surface area (Å²) in [5.41, 5.74) is -10.2. The molecule has 12 heteroatoms. The van der Waals surface area contributed by atoms with E-state index in [2.05, 4.69) is 4.98 Å². The molecule has 0 unspecified atom stereocenters. The molecule has 2 saturated heterocycles. The van der Waals surface area contributed by atoms with Crippen molar-refractivity contribution in [1.29, 1.82) is 0 Å². The zero-order valence-electron chi connectivity index (χ0n) is 22.7. The normalized spacial score (nSPS) is 54.7. The molecule has 12 nitrogen and oxygen atoms in total. The topological polar surface area (TPSA) is 205 Å². The zero-order chi connectivity index (χ0) is 28.8. The molecule has 1 aromatic rings. The molecule has 4 aliphatic carbocycles. The number of hydrogen-bond donors (Lipinski definition) is 7. The van der Waals surface area contributed by atoms with E-state index < -0.39 is 93.6 Å². The van der Waals surface area contributed by atoms with Gasteiger partial charge in [-0.25, -0.2) is 4.79 Å². The molecule has 3 heterocycles. The Labute approximate surface area is 225 Å². The number of aliphatic hydroxyl groups is 5. The molecule has 6 bridgehead atoms. The Morgan fingerprint density at radius 3 is 2.41 bits per heavy atom. The Morgan fingerprint density at radius 2 is 1.85 bits per heavy atom. The number of ether oxygens (including phenoxy) is 3. The molecule has 0 amide bonds. The van der Waals surface area contributed by atoms with E-state index in [1.165, 1.54) is 26.1 Å². The van der Waals surface area contributed by atoms with Crippen LogP contribution in [0.4, 0.5) is 0 Å². The number of carbonyl (C=O) groups is 2. The molecule has 11 atom stereocenters. The Kier molecular flexibility index (Phi) is 5.02. The maximum absolute atomic E-state index is 13.3. The molecule has 6 fully saturated rings. The third-order valence-corrected chi connectivity index (χ3v) is 11.7. The third kappa shape index (κ3) is 2.21. The summed E-state index contributed by atoms with van der Waals surface area (Å²) in [5, 5.41) is 63.7. The fourth-order valence-electron chi connectivity index (χ4n) is 9.93. The van der Waals surface area contributed by atoms with E-state index in [-0.39, 0.29) is 12.1 Å². The molecule has 8 N–H and O–H groups in total. The highest BCUT2D eigenvalue weighted by molar-refractivity contribution is 5.87. The SMILES string of the molecule is CC(C)[C@@]1(O)[C@@H](OC(=O)c2ccc[nH]2)[C@@]2(O)[C@@]3(C)C[C@]4(O)O[C@@]5([C@H](OC(=O)CN)[C@@H](C)CC[C@]35O)[C@@]2(O)[C@]14C. The van der Waals surface area contributed by atoms with Crippen molar-refractivity contribution in [2.24, 2.45) is 28.4 Å². The van der Waals surface area contributed by atoms with Crippen LogP contribution in [-0.2, 0) is 19.0 Å². The quantitative estimate of drug-likeness (QED) is 0.229. The van der Waals surface area contributed by atoms with E-state index in [0.29, 0.717) is 6.42 Å². The standard InChI is InChI=1S/C27H38N2O10/c1-13(2)24(34)19(38-18(31)15-7-6-10-29-15)25(35)20(4)12-23(33)21(24,5)27(25,36)26(39-23)17(37-16(30)11-28)14(3)8-9-22(20,26)32/h6-7,10,13-14,17,19,29,32-36H,8-9,11-12,28H2,1-5H3/t14-,17+,19+,20-,21-,22-,23-,24+,25+,26+,27+/m0/s1. The van der Waals surface area contributed by atoms with Crippen molar-refractivity contribution in [2.75, 3.05) is 6.54 Å². The highest BCUT2D eigenvalue weighted by Gasteiger charge is 3.10. The van der Waals surface area contributed by atoms with Crippen LogP contribution in [0.25, 0.3) is 0 Å². The van der Waals surface area contributed by atoms with Gasteiger partial charge in [-0.05, 0) is 43.7 Å². The highest BCUT2D eigenvalue weighted by atomic mass is 16.7. The largest absolute Gasteiger partial charge is 0.458 e. The summed E-state index contributed by atoms with van der Waals surface area (Å²) in [5.74, 6) is -5.39. The molecule has 2 aliphatic heterocycles. The lowest BCUT2D eigenvalue weighted by atomic mass is 9.52. The van der Waals surface area contributed by atoms with Crippen LogP contribution in [0.15, 0.2) is 18.3 Å². The third-order valence-electron chi connectivity index (χ3n) is 11.7. The Bertz CT molecular complexity index is 1260. The second kappa shape index (κ2) is 7.22. The van der Waals surface area contributed by atoms with Gasteiger partial charge in [-0.15, -0.1) is 0 Å². The van der Waals surface area contributed by atoms with Crippen molar-refractivity contribution in [3.8, 4) is 0 Å². The zero-order valence-corrected chi connectivity index (χ0v) is 22.7. The highest BCUT2D eigenvalue weighted by Crippen LogP contribution is 2.90. The van der Waals surface area contributed by atoms with Gasteiger partial charge in [0.1, 0.15) is 34.2 Å². The number of rotatable bonds is 5. The number of esters is 2. The second-order valence-electron chi connectivity index (χ2n) is 13.1. The number of hydrogen-bond acceptors (Lipinski definition) is 11. The molecule has 0 aromatic carbocycles. The first-order chi connectivity index (χ1) is 17.9. The first-order valence-electron chi connectivity index (χ1n) is 13.5. The molecule has 1 spiro atoms. The van der Waals surface area contributed by atoms with Crippen LogP contribution in [0, 0.1) is 22.7 Å². The first-order valence-corrected chi connectivity index (χ1v) is 13.5. The smallest absolute Gasteiger partial charge is 0.355 e. The number of aromatic amines is 1. The number of H-pyrrole nitrogens is 1. The van der Waals surface area contributed by atoms with Crippen LogP contribution >= 0.6 is 0 Å². The van der Waals surface area contributed by atoms with Crippen molar-refractivity contribution in [2.45, 2.75) is 99.9 Å². The predicted octanol–water partition coefficient (Wildman–Crippen LogP) is -0.678. The summed E-state index contributed by atoms with van der Waals surface area (Å²) < 4.78 is 18.0. The first kappa shape index (κ1) is 27.1. The summed E-state index contributed by atoms with van der Waals surface area (Å²) in [4.78, 5) is 28.6. The molecule has 39 heavy (non-hydrogen) atoms. The van der Waals surface area contributed by atoms with E-state index in [4.69, 9.17) is 19.9 Å². The maximum Gasteiger partial charge on any atom is 0.355 e. The van der Waals surface area contributed by atoms with Crippen molar-refractivity contribution in [1.82, 2.24) is 4.98 Å². The lowest BCUT2D eigenvalue weighted by molar-refractivity contribution is -0.390. The van der Waals surface area contributed by atoms with Gasteiger partial charge in [-0.2, -0.15) is 0 Å². The summed E-state index contributed by atoms with van der Waals surface area (Å²) in [6.07, 6.45) is -1.75. The number of carbonyl (C=O) groups excluding carboxylic acids is 2. The fourth-order valence-corrected chi connectivity index (χ4v) is 9.93. The van der Waals surface area contributed by atoms with Crippen molar-refractivity contribution in [3.05, 3.63) is 24.0 Å². The van der Waals surface area contributed by atoms with Gasteiger partial charge in [0.15, 0.2) is 17.5 Å². The summed E-state index contributed by atoms with van der Waals surface area (Å²) in [6.45, 7) is 7.35. The molecule has 4 saturated carbocycles. The molecule has 6 aliphatic rings.